The van der Waals surface area contributed by atoms with E-state index in [1.807, 2.05) is 13.0 Å². The van der Waals surface area contributed by atoms with Crippen molar-refractivity contribution in [2.45, 2.75) is 19.8 Å². The minimum atomic E-state index is -0.537. The summed E-state index contributed by atoms with van der Waals surface area (Å²) in [4.78, 5) is 39.5. The van der Waals surface area contributed by atoms with Gasteiger partial charge in [-0.1, -0.05) is 30.3 Å². The Kier molecular flexibility index (Phi) is 5.69. The lowest BCUT2D eigenvalue weighted by Gasteiger charge is -2.31. The third-order valence-corrected chi connectivity index (χ3v) is 5.01. The van der Waals surface area contributed by atoms with Crippen molar-refractivity contribution in [3.8, 4) is 5.75 Å². The molecule has 1 saturated heterocycles. The van der Waals surface area contributed by atoms with E-state index in [1.165, 1.54) is 4.90 Å². The molecule has 0 unspecified atom stereocenters. The quantitative estimate of drug-likeness (QED) is 0.602. The molecule has 1 aliphatic rings. The molecule has 1 amide bonds. The topological polar surface area (TPSA) is 63.7 Å². The van der Waals surface area contributed by atoms with Crippen LogP contribution in [-0.2, 0) is 4.79 Å². The van der Waals surface area contributed by atoms with Gasteiger partial charge in [0.25, 0.3) is 5.91 Å². The molecule has 1 aliphatic heterocycles. The molecule has 0 radical (unpaired) electrons. The standard InChI is InChI=1S/C22H23NO4/c1-15-13-18(27-2)10-11-19(15)20(24)17-9-6-12-23(14-17)22(26)21(25)16-7-4-3-5-8-16/h3-5,7-8,10-11,13,17H,6,9,12,14H2,1-2H3/t17-/m1/s1. The van der Waals surface area contributed by atoms with Gasteiger partial charge in [-0.15, -0.1) is 0 Å². The zero-order chi connectivity index (χ0) is 19.4. The molecule has 140 valence electrons. The lowest BCUT2D eigenvalue weighted by Crippen LogP contribution is -2.45. The van der Waals surface area contributed by atoms with Crippen LogP contribution in [0.3, 0.4) is 0 Å². The van der Waals surface area contributed by atoms with Crippen molar-refractivity contribution in [2.24, 2.45) is 5.92 Å². The molecule has 0 bridgehead atoms. The van der Waals surface area contributed by atoms with Crippen LogP contribution in [0.15, 0.2) is 48.5 Å². The number of likely N-dealkylation sites (tertiary alicyclic amines) is 1. The van der Waals surface area contributed by atoms with Gasteiger partial charge < -0.3 is 9.64 Å². The number of ketones is 2. The van der Waals surface area contributed by atoms with Crippen LogP contribution in [0.25, 0.3) is 0 Å². The summed E-state index contributed by atoms with van der Waals surface area (Å²) in [5.74, 6) is -0.634. The van der Waals surface area contributed by atoms with Crippen molar-refractivity contribution in [3.05, 3.63) is 65.2 Å². The van der Waals surface area contributed by atoms with Crippen molar-refractivity contribution in [1.82, 2.24) is 4.90 Å². The number of hydrogen-bond acceptors (Lipinski definition) is 4. The van der Waals surface area contributed by atoms with Gasteiger partial charge in [-0.05, 0) is 43.5 Å². The number of methoxy groups -OCH3 is 1. The number of nitrogens with zero attached hydrogens (tertiary/aromatic N) is 1. The van der Waals surface area contributed by atoms with E-state index < -0.39 is 11.7 Å². The van der Waals surface area contributed by atoms with Gasteiger partial charge in [0.2, 0.25) is 5.78 Å². The highest BCUT2D eigenvalue weighted by molar-refractivity contribution is 6.42. The van der Waals surface area contributed by atoms with Gasteiger partial charge in [-0.2, -0.15) is 0 Å². The van der Waals surface area contributed by atoms with E-state index in [9.17, 15) is 14.4 Å². The molecule has 5 heteroatoms. The number of ether oxygens (including phenoxy) is 1. The van der Waals surface area contributed by atoms with Gasteiger partial charge in [0.1, 0.15) is 5.75 Å². The fraction of sp³-hybridized carbons (Fsp3) is 0.318. The Morgan fingerprint density at radius 2 is 1.81 bits per heavy atom. The lowest BCUT2D eigenvalue weighted by atomic mass is 9.88. The summed E-state index contributed by atoms with van der Waals surface area (Å²) in [6.45, 7) is 2.66. The van der Waals surface area contributed by atoms with E-state index in [1.54, 1.807) is 49.6 Å². The minimum Gasteiger partial charge on any atom is -0.497 e. The van der Waals surface area contributed by atoms with Crippen LogP contribution in [0.4, 0.5) is 0 Å². The Morgan fingerprint density at radius 3 is 2.48 bits per heavy atom. The summed E-state index contributed by atoms with van der Waals surface area (Å²) in [5.41, 5.74) is 1.87. The van der Waals surface area contributed by atoms with E-state index in [-0.39, 0.29) is 18.2 Å². The highest BCUT2D eigenvalue weighted by Crippen LogP contribution is 2.25. The van der Waals surface area contributed by atoms with Crippen LogP contribution in [-0.4, -0.2) is 42.6 Å². The van der Waals surface area contributed by atoms with Crippen LogP contribution < -0.4 is 4.74 Å². The van der Waals surface area contributed by atoms with Crippen molar-refractivity contribution in [3.63, 3.8) is 0 Å². The fourth-order valence-electron chi connectivity index (χ4n) is 3.49. The Labute approximate surface area is 158 Å². The molecule has 27 heavy (non-hydrogen) atoms. The van der Waals surface area contributed by atoms with E-state index in [0.717, 1.165) is 5.56 Å². The van der Waals surface area contributed by atoms with Crippen LogP contribution in [0.1, 0.15) is 39.1 Å². The Bertz CT molecular complexity index is 860. The second kappa shape index (κ2) is 8.16. The van der Waals surface area contributed by atoms with Crippen molar-refractivity contribution in [2.75, 3.05) is 20.2 Å². The zero-order valence-electron chi connectivity index (χ0n) is 15.6. The van der Waals surface area contributed by atoms with Gasteiger partial charge in [-0.25, -0.2) is 0 Å². The summed E-state index contributed by atoms with van der Waals surface area (Å²) in [7, 11) is 1.59. The molecule has 2 aromatic rings. The minimum absolute atomic E-state index is 0.0137. The number of aryl methyl sites for hydroxylation is 1. The SMILES string of the molecule is COc1ccc(C(=O)[C@@H]2CCCN(C(=O)C(=O)c3ccccc3)C2)c(C)c1. The smallest absolute Gasteiger partial charge is 0.294 e. The van der Waals surface area contributed by atoms with Gasteiger partial charge in [0.05, 0.1) is 7.11 Å². The number of piperidine rings is 1. The normalized spacial score (nSPS) is 16.7. The van der Waals surface area contributed by atoms with Gasteiger partial charge >= 0.3 is 0 Å². The molecule has 3 rings (SSSR count). The Balaban J connectivity index is 1.73. The summed E-state index contributed by atoms with van der Waals surface area (Å²) in [6, 6.07) is 13.9. The molecule has 2 aromatic carbocycles. The second-order valence-electron chi connectivity index (χ2n) is 6.83. The monoisotopic (exact) mass is 365 g/mol. The molecule has 5 nitrogen and oxygen atoms in total. The number of hydrogen-bond donors (Lipinski definition) is 0. The number of carbonyl (C=O) groups excluding carboxylic acids is 3. The first kappa shape index (κ1) is 18.8. The average Bonchev–Trinajstić information content (AvgIpc) is 2.72. The summed E-state index contributed by atoms with van der Waals surface area (Å²) >= 11 is 0. The van der Waals surface area contributed by atoms with Crippen LogP contribution in [0.5, 0.6) is 5.75 Å². The summed E-state index contributed by atoms with van der Waals surface area (Å²) in [5, 5.41) is 0. The molecule has 0 saturated carbocycles. The highest BCUT2D eigenvalue weighted by atomic mass is 16.5. The first-order valence-corrected chi connectivity index (χ1v) is 9.08. The van der Waals surface area contributed by atoms with E-state index in [2.05, 4.69) is 0 Å². The molecule has 0 spiro atoms. The number of amides is 1. The van der Waals surface area contributed by atoms with Crippen molar-refractivity contribution >= 4 is 17.5 Å². The molecular formula is C22H23NO4. The second-order valence-corrected chi connectivity index (χ2v) is 6.83. The van der Waals surface area contributed by atoms with Gasteiger partial charge in [-0.3, -0.25) is 14.4 Å². The molecule has 1 fully saturated rings. The maximum absolute atomic E-state index is 13.0. The van der Waals surface area contributed by atoms with Gasteiger partial charge in [0, 0.05) is 30.1 Å². The predicted octanol–water partition coefficient (Wildman–Crippen LogP) is 3.31. The first-order valence-electron chi connectivity index (χ1n) is 9.08. The van der Waals surface area contributed by atoms with Crippen molar-refractivity contribution < 1.29 is 19.1 Å². The molecule has 0 aromatic heterocycles. The zero-order valence-corrected chi connectivity index (χ0v) is 15.6. The molecule has 0 N–H and O–H groups in total. The maximum Gasteiger partial charge on any atom is 0.294 e. The average molecular weight is 365 g/mol. The largest absolute Gasteiger partial charge is 0.497 e. The molecule has 1 atom stereocenters. The highest BCUT2D eigenvalue weighted by Gasteiger charge is 2.32. The number of benzene rings is 2. The van der Waals surface area contributed by atoms with Crippen molar-refractivity contribution in [1.29, 1.82) is 0 Å². The van der Waals surface area contributed by atoms with Crippen LogP contribution in [0, 0.1) is 12.8 Å². The summed E-state index contributed by atoms with van der Waals surface area (Å²) in [6.07, 6.45) is 1.42. The Morgan fingerprint density at radius 1 is 1.07 bits per heavy atom. The third-order valence-electron chi connectivity index (χ3n) is 5.01. The predicted molar refractivity (Wildman–Crippen MR) is 102 cm³/mol. The number of rotatable bonds is 5. The molecule has 1 heterocycles. The van der Waals surface area contributed by atoms with Crippen LogP contribution in [0.2, 0.25) is 0 Å². The molecule has 0 aliphatic carbocycles. The fourth-order valence-corrected chi connectivity index (χ4v) is 3.49. The third kappa shape index (κ3) is 4.08. The Hall–Kier alpha value is -2.95. The van der Waals surface area contributed by atoms with E-state index >= 15 is 0 Å². The van der Waals surface area contributed by atoms with Gasteiger partial charge in [0.15, 0.2) is 5.78 Å². The van der Waals surface area contributed by atoms with E-state index in [0.29, 0.717) is 36.3 Å². The van der Waals surface area contributed by atoms with Crippen LogP contribution >= 0.6 is 0 Å². The number of carbonyl (C=O) groups is 3. The lowest BCUT2D eigenvalue weighted by molar-refractivity contribution is -0.127. The number of Topliss-reactive ketones (excluding diaryl/α,β-unsaturated/α-hetero) is 2. The molecular weight excluding hydrogens is 342 g/mol. The first-order chi connectivity index (χ1) is 13.0. The summed E-state index contributed by atoms with van der Waals surface area (Å²) < 4.78 is 5.19. The maximum atomic E-state index is 13.0. The van der Waals surface area contributed by atoms with E-state index in [4.69, 9.17) is 4.74 Å².